The van der Waals surface area contributed by atoms with Crippen LogP contribution in [0.1, 0.15) is 32.6 Å². The maximum Gasteiger partial charge on any atom is 0.127 e. The van der Waals surface area contributed by atoms with Crippen LogP contribution in [-0.4, -0.2) is 23.9 Å². The van der Waals surface area contributed by atoms with Gasteiger partial charge in [-0.3, -0.25) is 0 Å². The molecule has 19 heavy (non-hydrogen) atoms. The van der Waals surface area contributed by atoms with E-state index in [1.54, 1.807) is 0 Å². The predicted molar refractivity (Wildman–Crippen MR) is 71.1 cm³/mol. The molecule has 4 aliphatic rings. The molecule has 1 saturated heterocycles. The Morgan fingerprint density at radius 1 is 1.37 bits per heavy atom. The third kappa shape index (κ3) is 1.83. The lowest BCUT2D eigenvalue weighted by molar-refractivity contribution is -0.0411. The van der Waals surface area contributed by atoms with Crippen LogP contribution in [0.2, 0.25) is 0 Å². The summed E-state index contributed by atoms with van der Waals surface area (Å²) in [4.78, 5) is 0. The second kappa shape index (κ2) is 3.89. The first-order valence-electron chi connectivity index (χ1n) is 7.29. The van der Waals surface area contributed by atoms with Crippen molar-refractivity contribution >= 4 is 0 Å². The Morgan fingerprint density at radius 3 is 2.84 bits per heavy atom. The number of aliphatic hydroxyl groups excluding tert-OH is 1. The van der Waals surface area contributed by atoms with Gasteiger partial charge in [-0.25, -0.2) is 0 Å². The largest absolute Gasteiger partial charge is 0.493 e. The smallest absolute Gasteiger partial charge is 0.127 e. The van der Waals surface area contributed by atoms with Gasteiger partial charge in [0.1, 0.15) is 17.6 Å². The zero-order valence-electron chi connectivity index (χ0n) is 11.3. The zero-order chi connectivity index (χ0) is 13.0. The van der Waals surface area contributed by atoms with Gasteiger partial charge in [0.15, 0.2) is 0 Å². The molecule has 0 bridgehead atoms. The third-order valence-electron chi connectivity index (χ3n) is 4.71. The fourth-order valence-electron chi connectivity index (χ4n) is 3.21. The Kier molecular flexibility index (Phi) is 2.37. The van der Waals surface area contributed by atoms with Crippen molar-refractivity contribution in [3.05, 3.63) is 35.3 Å². The number of fused-ring (bicyclic) bond motifs is 2. The lowest BCUT2D eigenvalue weighted by atomic mass is 9.91. The fraction of sp³-hybridized carbons (Fsp3) is 0.625. The number of aliphatic hydroxyl groups is 1. The van der Waals surface area contributed by atoms with Gasteiger partial charge in [0.25, 0.3) is 0 Å². The van der Waals surface area contributed by atoms with E-state index in [2.05, 4.69) is 25.2 Å². The van der Waals surface area contributed by atoms with Crippen molar-refractivity contribution in [2.75, 3.05) is 6.61 Å². The second-order valence-electron chi connectivity index (χ2n) is 6.42. The van der Waals surface area contributed by atoms with E-state index in [0.717, 1.165) is 31.0 Å². The summed E-state index contributed by atoms with van der Waals surface area (Å²) >= 11 is 0. The van der Waals surface area contributed by atoms with Crippen LogP contribution in [0.4, 0.5) is 0 Å². The highest BCUT2D eigenvalue weighted by atomic mass is 16.5. The average Bonchev–Trinajstić information content (AvgIpc) is 3.04. The molecule has 1 aliphatic heterocycles. The highest BCUT2D eigenvalue weighted by Gasteiger charge is 2.55. The number of ether oxygens (including phenoxy) is 2. The van der Waals surface area contributed by atoms with E-state index in [4.69, 9.17) is 9.47 Å². The Labute approximate surface area is 113 Å². The summed E-state index contributed by atoms with van der Waals surface area (Å²) in [6, 6.07) is 0. The topological polar surface area (TPSA) is 38.7 Å². The zero-order valence-corrected chi connectivity index (χ0v) is 11.3. The minimum atomic E-state index is -0.172. The maximum atomic E-state index is 9.40. The molecule has 1 spiro atoms. The first kappa shape index (κ1) is 11.6. The molecule has 0 aromatic heterocycles. The molecule has 2 saturated carbocycles. The lowest BCUT2D eigenvalue weighted by Gasteiger charge is -2.32. The molecule has 3 nitrogen and oxygen atoms in total. The molecule has 1 unspecified atom stereocenters. The van der Waals surface area contributed by atoms with E-state index >= 15 is 0 Å². The minimum Gasteiger partial charge on any atom is -0.493 e. The number of allylic oxidation sites excluding steroid dienone is 4. The van der Waals surface area contributed by atoms with Gasteiger partial charge < -0.3 is 14.6 Å². The van der Waals surface area contributed by atoms with E-state index in [1.807, 2.05) is 0 Å². The van der Waals surface area contributed by atoms with Crippen molar-refractivity contribution in [2.24, 2.45) is 11.3 Å². The summed E-state index contributed by atoms with van der Waals surface area (Å²) in [7, 11) is 0. The summed E-state index contributed by atoms with van der Waals surface area (Å²) in [5.74, 6) is 2.40. The summed E-state index contributed by atoms with van der Waals surface area (Å²) in [5.41, 5.74) is 1.52. The van der Waals surface area contributed by atoms with Crippen molar-refractivity contribution in [3.8, 4) is 0 Å². The number of hydrogen-bond donors (Lipinski definition) is 1. The van der Waals surface area contributed by atoms with Crippen molar-refractivity contribution in [1.29, 1.82) is 0 Å². The van der Waals surface area contributed by atoms with E-state index in [-0.39, 0.29) is 17.6 Å². The van der Waals surface area contributed by atoms with E-state index in [9.17, 15) is 5.11 Å². The van der Waals surface area contributed by atoms with Gasteiger partial charge >= 0.3 is 0 Å². The highest BCUT2D eigenvalue weighted by Crippen LogP contribution is 2.60. The van der Waals surface area contributed by atoms with Crippen LogP contribution in [-0.2, 0) is 9.47 Å². The van der Waals surface area contributed by atoms with Crippen LogP contribution in [0.15, 0.2) is 35.3 Å². The fourth-order valence-corrected chi connectivity index (χ4v) is 3.21. The summed E-state index contributed by atoms with van der Waals surface area (Å²) in [5, 5.41) is 9.40. The quantitative estimate of drug-likeness (QED) is 0.829. The van der Waals surface area contributed by atoms with Crippen LogP contribution in [0.25, 0.3) is 0 Å². The van der Waals surface area contributed by atoms with Crippen molar-refractivity contribution in [3.63, 3.8) is 0 Å². The molecular weight excluding hydrogens is 240 g/mol. The minimum absolute atomic E-state index is 0.172. The molecule has 1 heterocycles. The van der Waals surface area contributed by atoms with Crippen molar-refractivity contribution < 1.29 is 14.6 Å². The van der Waals surface area contributed by atoms with Crippen LogP contribution in [0, 0.1) is 11.3 Å². The van der Waals surface area contributed by atoms with Crippen LogP contribution in [0.3, 0.4) is 0 Å². The van der Waals surface area contributed by atoms with Crippen LogP contribution < -0.4 is 0 Å². The molecule has 3 fully saturated rings. The van der Waals surface area contributed by atoms with Gasteiger partial charge in [-0.05, 0) is 30.9 Å². The summed E-state index contributed by atoms with van der Waals surface area (Å²) in [6.45, 7) is 2.98. The molecule has 102 valence electrons. The van der Waals surface area contributed by atoms with E-state index < -0.39 is 0 Å². The molecule has 3 heteroatoms. The van der Waals surface area contributed by atoms with Gasteiger partial charge in [0, 0.05) is 23.8 Å². The molecule has 3 aliphatic carbocycles. The Bertz CT molecular complexity index is 490. The lowest BCUT2D eigenvalue weighted by Crippen LogP contribution is -2.35. The predicted octanol–water partition coefficient (Wildman–Crippen LogP) is 2.68. The first-order chi connectivity index (χ1) is 9.16. The third-order valence-corrected chi connectivity index (χ3v) is 4.71. The SMILES string of the molecule is CC1C=CC(OC2CC(O)C2)=C2C(=C1)OCC21CC1. The van der Waals surface area contributed by atoms with Gasteiger partial charge in [0.2, 0.25) is 0 Å². The van der Waals surface area contributed by atoms with Gasteiger partial charge in [-0.2, -0.15) is 0 Å². The van der Waals surface area contributed by atoms with E-state index in [1.165, 1.54) is 18.4 Å². The normalized spacial score (nSPS) is 38.2. The first-order valence-corrected chi connectivity index (χ1v) is 7.29. The van der Waals surface area contributed by atoms with Crippen LogP contribution >= 0.6 is 0 Å². The van der Waals surface area contributed by atoms with E-state index in [0.29, 0.717) is 5.92 Å². The maximum absolute atomic E-state index is 9.40. The highest BCUT2D eigenvalue weighted by molar-refractivity contribution is 5.48. The molecular formula is C16H20O3. The van der Waals surface area contributed by atoms with Crippen molar-refractivity contribution in [1.82, 2.24) is 0 Å². The molecule has 4 rings (SSSR count). The summed E-state index contributed by atoms with van der Waals surface area (Å²) in [6.07, 6.45) is 10.4. The molecule has 0 aromatic rings. The molecule has 0 radical (unpaired) electrons. The number of hydrogen-bond acceptors (Lipinski definition) is 3. The Hall–Kier alpha value is -1.22. The Morgan fingerprint density at radius 2 is 2.16 bits per heavy atom. The van der Waals surface area contributed by atoms with Gasteiger partial charge in [-0.15, -0.1) is 0 Å². The molecule has 1 N–H and O–H groups in total. The number of rotatable bonds is 2. The summed E-state index contributed by atoms with van der Waals surface area (Å²) < 4.78 is 12.0. The molecule has 0 amide bonds. The average molecular weight is 260 g/mol. The van der Waals surface area contributed by atoms with Crippen LogP contribution in [0.5, 0.6) is 0 Å². The van der Waals surface area contributed by atoms with Crippen molar-refractivity contribution in [2.45, 2.75) is 44.8 Å². The molecule has 1 atom stereocenters. The van der Waals surface area contributed by atoms with Gasteiger partial charge in [0.05, 0.1) is 12.7 Å². The standard InChI is InChI=1S/C16H20O3/c1-10-2-3-13(19-12-7-11(17)8-12)15-14(6-10)18-9-16(15)4-5-16/h2-3,6,10-12,17H,4-5,7-9H2,1H3. The van der Waals surface area contributed by atoms with Gasteiger partial charge in [-0.1, -0.05) is 13.0 Å². The second-order valence-corrected chi connectivity index (χ2v) is 6.42. The molecule has 0 aromatic carbocycles. The monoisotopic (exact) mass is 260 g/mol. The Balaban J connectivity index is 1.68.